The lowest BCUT2D eigenvalue weighted by molar-refractivity contribution is 0.170. The van der Waals surface area contributed by atoms with E-state index in [-0.39, 0.29) is 4.90 Å². The Labute approximate surface area is 116 Å². The normalized spacial score (nSPS) is 19.1. The van der Waals surface area contributed by atoms with Gasteiger partial charge in [0.25, 0.3) is 0 Å². The van der Waals surface area contributed by atoms with Crippen LogP contribution in [0.2, 0.25) is 0 Å². The number of isocyanates is 1. The summed E-state index contributed by atoms with van der Waals surface area (Å²) in [6, 6.07) is 3.08. The highest BCUT2D eigenvalue weighted by Gasteiger charge is 2.48. The van der Waals surface area contributed by atoms with Gasteiger partial charge in [-0.2, -0.15) is 4.99 Å². The predicted molar refractivity (Wildman–Crippen MR) is 69.6 cm³/mol. The van der Waals surface area contributed by atoms with Crippen molar-refractivity contribution in [2.75, 3.05) is 19.5 Å². The molecule has 1 fully saturated rings. The molecule has 0 aromatic heterocycles. The molecule has 20 heavy (non-hydrogen) atoms. The first-order chi connectivity index (χ1) is 9.46. The summed E-state index contributed by atoms with van der Waals surface area (Å²) in [7, 11) is -3.45. The molecule has 0 saturated heterocycles. The van der Waals surface area contributed by atoms with E-state index >= 15 is 0 Å². The Morgan fingerprint density at radius 3 is 2.30 bits per heavy atom. The molecule has 106 valence electrons. The molecule has 0 atom stereocenters. The van der Waals surface area contributed by atoms with Gasteiger partial charge in [-0.05, 0) is 18.9 Å². The fourth-order valence-corrected chi connectivity index (χ4v) is 3.36. The van der Waals surface area contributed by atoms with E-state index in [1.165, 1.54) is 12.1 Å². The Bertz CT molecular complexity index is 715. The van der Waals surface area contributed by atoms with Gasteiger partial charge in [0.15, 0.2) is 21.3 Å². The molecule has 7 heteroatoms. The lowest BCUT2D eigenvalue weighted by atomic mass is 10.0. The van der Waals surface area contributed by atoms with Crippen molar-refractivity contribution >= 4 is 15.9 Å². The van der Waals surface area contributed by atoms with Crippen molar-refractivity contribution in [3.63, 3.8) is 0 Å². The van der Waals surface area contributed by atoms with Crippen LogP contribution in [0.5, 0.6) is 11.5 Å². The number of rotatable bonds is 3. The van der Waals surface area contributed by atoms with Crippen molar-refractivity contribution in [2.24, 2.45) is 4.99 Å². The molecule has 1 heterocycles. The Morgan fingerprint density at radius 2 is 1.80 bits per heavy atom. The zero-order valence-corrected chi connectivity index (χ0v) is 11.7. The van der Waals surface area contributed by atoms with Gasteiger partial charge in [-0.1, -0.05) is 0 Å². The molecule has 0 unspecified atom stereocenters. The smallest absolute Gasteiger partial charge is 0.235 e. The molecule has 1 aromatic rings. The number of benzene rings is 1. The first kappa shape index (κ1) is 13.1. The van der Waals surface area contributed by atoms with Crippen molar-refractivity contribution in [3.05, 3.63) is 17.7 Å². The zero-order chi connectivity index (χ0) is 14.4. The van der Waals surface area contributed by atoms with E-state index in [0.29, 0.717) is 43.1 Å². The SMILES string of the molecule is CS(=O)(=O)c1cc2c(cc1C1(N=C=O)CC1)OCCO2. The van der Waals surface area contributed by atoms with Gasteiger partial charge in [-0.3, -0.25) is 0 Å². The van der Waals surface area contributed by atoms with Crippen molar-refractivity contribution in [3.8, 4) is 11.5 Å². The minimum absolute atomic E-state index is 0.137. The van der Waals surface area contributed by atoms with Gasteiger partial charge in [-0.25, -0.2) is 13.2 Å². The number of hydrogen-bond acceptors (Lipinski definition) is 6. The van der Waals surface area contributed by atoms with Gasteiger partial charge in [0, 0.05) is 17.9 Å². The third kappa shape index (κ3) is 2.09. The highest BCUT2D eigenvalue weighted by molar-refractivity contribution is 7.90. The molecule has 1 aliphatic heterocycles. The van der Waals surface area contributed by atoms with Crippen LogP contribution in [0.15, 0.2) is 22.0 Å². The van der Waals surface area contributed by atoms with Crippen LogP contribution >= 0.6 is 0 Å². The minimum atomic E-state index is -3.45. The molecule has 1 aliphatic carbocycles. The zero-order valence-electron chi connectivity index (χ0n) is 10.9. The van der Waals surface area contributed by atoms with Crippen molar-refractivity contribution in [2.45, 2.75) is 23.3 Å². The molecule has 0 spiro atoms. The number of aliphatic imine (C=N–C) groups is 1. The summed E-state index contributed by atoms with van der Waals surface area (Å²) in [6.45, 7) is 0.793. The van der Waals surface area contributed by atoms with Gasteiger partial charge in [-0.15, -0.1) is 0 Å². The lowest BCUT2D eigenvalue weighted by Crippen LogP contribution is -2.18. The monoisotopic (exact) mass is 295 g/mol. The molecule has 0 amide bonds. The maximum absolute atomic E-state index is 12.0. The number of nitrogens with zero attached hydrogens (tertiary/aromatic N) is 1. The van der Waals surface area contributed by atoms with Crippen LogP contribution in [-0.4, -0.2) is 34.0 Å². The second-order valence-corrected chi connectivity index (χ2v) is 6.98. The first-order valence-electron chi connectivity index (χ1n) is 6.19. The van der Waals surface area contributed by atoms with Crippen LogP contribution in [0, 0.1) is 0 Å². The molecule has 2 aliphatic rings. The number of sulfone groups is 1. The van der Waals surface area contributed by atoms with E-state index in [2.05, 4.69) is 4.99 Å². The number of hydrogen-bond donors (Lipinski definition) is 0. The molecular formula is C13H13NO5S. The molecule has 6 nitrogen and oxygen atoms in total. The van der Waals surface area contributed by atoms with Gasteiger partial charge < -0.3 is 9.47 Å². The predicted octanol–water partition coefficient (Wildman–Crippen LogP) is 1.19. The average molecular weight is 295 g/mol. The Morgan fingerprint density at radius 1 is 1.20 bits per heavy atom. The maximum Gasteiger partial charge on any atom is 0.235 e. The van der Waals surface area contributed by atoms with Crippen LogP contribution in [0.4, 0.5) is 0 Å². The summed E-state index contributed by atoms with van der Waals surface area (Å²) >= 11 is 0. The minimum Gasteiger partial charge on any atom is -0.486 e. The van der Waals surface area contributed by atoms with E-state index in [4.69, 9.17) is 9.47 Å². The molecule has 0 radical (unpaired) electrons. The third-order valence-corrected chi connectivity index (χ3v) is 4.67. The highest BCUT2D eigenvalue weighted by atomic mass is 32.2. The van der Waals surface area contributed by atoms with Crippen molar-refractivity contribution < 1.29 is 22.7 Å². The van der Waals surface area contributed by atoms with Crippen molar-refractivity contribution in [1.29, 1.82) is 0 Å². The molecule has 0 N–H and O–H groups in total. The first-order valence-corrected chi connectivity index (χ1v) is 8.09. The van der Waals surface area contributed by atoms with Crippen molar-refractivity contribution in [1.82, 2.24) is 0 Å². The summed E-state index contributed by atoms with van der Waals surface area (Å²) < 4.78 is 34.8. The topological polar surface area (TPSA) is 82.0 Å². The van der Waals surface area contributed by atoms with Crippen LogP contribution < -0.4 is 9.47 Å². The van der Waals surface area contributed by atoms with Crippen LogP contribution in [0.3, 0.4) is 0 Å². The van der Waals surface area contributed by atoms with E-state index in [0.717, 1.165) is 6.26 Å². The quantitative estimate of drug-likeness (QED) is 0.618. The molecule has 1 aromatic carbocycles. The summed E-state index contributed by atoms with van der Waals surface area (Å²) in [5.41, 5.74) is -0.275. The lowest BCUT2D eigenvalue weighted by Gasteiger charge is -2.22. The van der Waals surface area contributed by atoms with Crippen LogP contribution in [-0.2, 0) is 20.2 Å². The molecule has 3 rings (SSSR count). The number of carbonyl (C=O) groups excluding carboxylic acids is 1. The molecular weight excluding hydrogens is 282 g/mol. The fraction of sp³-hybridized carbons (Fsp3) is 0.462. The van der Waals surface area contributed by atoms with Gasteiger partial charge in [0.1, 0.15) is 13.2 Å². The van der Waals surface area contributed by atoms with Crippen LogP contribution in [0.1, 0.15) is 18.4 Å². The van der Waals surface area contributed by atoms with Crippen LogP contribution in [0.25, 0.3) is 0 Å². The standard InChI is InChI=1S/C13H13NO5S/c1-20(16,17)12-7-11-10(18-4-5-19-11)6-9(12)13(2-3-13)14-8-15/h6-7H,2-5H2,1H3. The van der Waals surface area contributed by atoms with E-state index in [1.807, 2.05) is 0 Å². The largest absolute Gasteiger partial charge is 0.486 e. The highest BCUT2D eigenvalue weighted by Crippen LogP contribution is 2.53. The summed E-state index contributed by atoms with van der Waals surface area (Å²) in [5.74, 6) is 0.900. The Hall–Kier alpha value is -1.85. The average Bonchev–Trinajstić information content (AvgIpc) is 3.17. The Kier molecular flexibility index (Phi) is 2.84. The van der Waals surface area contributed by atoms with E-state index in [9.17, 15) is 13.2 Å². The van der Waals surface area contributed by atoms with E-state index < -0.39 is 15.4 Å². The summed E-state index contributed by atoms with van der Waals surface area (Å²) in [5, 5.41) is 0. The molecule has 1 saturated carbocycles. The third-order valence-electron chi connectivity index (χ3n) is 3.53. The number of fused-ring (bicyclic) bond motifs is 1. The second-order valence-electron chi connectivity index (χ2n) is 5.00. The van der Waals surface area contributed by atoms with Gasteiger partial charge >= 0.3 is 0 Å². The van der Waals surface area contributed by atoms with Gasteiger partial charge in [0.2, 0.25) is 6.08 Å². The maximum atomic E-state index is 12.0. The van der Waals surface area contributed by atoms with Gasteiger partial charge in [0.05, 0.1) is 10.4 Å². The second kappa shape index (κ2) is 4.33. The Balaban J connectivity index is 2.24. The summed E-state index contributed by atoms with van der Waals surface area (Å²) in [4.78, 5) is 14.5. The fourth-order valence-electron chi connectivity index (χ4n) is 2.39. The number of ether oxygens (including phenoxy) is 2. The molecule has 0 bridgehead atoms. The summed E-state index contributed by atoms with van der Waals surface area (Å²) in [6.07, 6.45) is 3.92. The van der Waals surface area contributed by atoms with E-state index in [1.54, 1.807) is 6.07 Å².